The summed E-state index contributed by atoms with van der Waals surface area (Å²) in [7, 11) is 0. The van der Waals surface area contributed by atoms with E-state index in [-0.39, 0.29) is 29.8 Å². The Morgan fingerprint density at radius 1 is 1.54 bits per heavy atom. The fraction of sp³-hybridized carbons (Fsp3) is 0.429. The van der Waals surface area contributed by atoms with Crippen molar-refractivity contribution < 1.29 is 23.5 Å². The Morgan fingerprint density at radius 3 is 2.92 bits per heavy atom. The summed E-state index contributed by atoms with van der Waals surface area (Å²) < 4.78 is 10.4. The standard InChI is InChI=1S/C14H16BrN3O5S/c1-2-22-11(19)7-8-12(20)16-5-6-18(8)14(24)17-13(21)9-3-4-10(15)23-9/h3-4,8H,2,5-7H2,1H3,(H,16,20)(H,17,21,24). The van der Waals surface area contributed by atoms with E-state index >= 15 is 0 Å². The van der Waals surface area contributed by atoms with Gasteiger partial charge in [-0.2, -0.15) is 0 Å². The van der Waals surface area contributed by atoms with Gasteiger partial charge in [0.25, 0.3) is 5.91 Å². The minimum Gasteiger partial charge on any atom is -0.466 e. The fourth-order valence-corrected chi connectivity index (χ4v) is 2.82. The molecule has 2 amide bonds. The molecule has 10 heteroatoms. The van der Waals surface area contributed by atoms with Crippen molar-refractivity contribution in [3.8, 4) is 0 Å². The van der Waals surface area contributed by atoms with E-state index in [1.54, 1.807) is 13.0 Å². The van der Waals surface area contributed by atoms with Crippen LogP contribution < -0.4 is 10.6 Å². The van der Waals surface area contributed by atoms with Crippen LogP contribution in [-0.2, 0) is 14.3 Å². The molecule has 130 valence electrons. The number of piperazine rings is 1. The maximum Gasteiger partial charge on any atom is 0.308 e. The zero-order valence-electron chi connectivity index (χ0n) is 12.8. The lowest BCUT2D eigenvalue weighted by Crippen LogP contribution is -2.60. The second kappa shape index (κ2) is 8.25. The summed E-state index contributed by atoms with van der Waals surface area (Å²) in [5.41, 5.74) is 0. The molecular weight excluding hydrogens is 402 g/mol. The zero-order valence-corrected chi connectivity index (χ0v) is 15.2. The molecule has 24 heavy (non-hydrogen) atoms. The van der Waals surface area contributed by atoms with Crippen molar-refractivity contribution in [3.63, 3.8) is 0 Å². The number of thiocarbonyl (C=S) groups is 1. The van der Waals surface area contributed by atoms with E-state index in [4.69, 9.17) is 21.4 Å². The number of hydrogen-bond donors (Lipinski definition) is 2. The van der Waals surface area contributed by atoms with Gasteiger partial charge in [-0.05, 0) is 47.2 Å². The van der Waals surface area contributed by atoms with Gasteiger partial charge in [-0.1, -0.05) is 0 Å². The number of carbonyl (C=O) groups excluding carboxylic acids is 3. The van der Waals surface area contributed by atoms with Gasteiger partial charge in [0.1, 0.15) is 6.04 Å². The van der Waals surface area contributed by atoms with Crippen molar-refractivity contribution in [3.05, 3.63) is 22.6 Å². The third-order valence-corrected chi connectivity index (χ3v) is 4.04. The van der Waals surface area contributed by atoms with Crippen LogP contribution in [0.4, 0.5) is 0 Å². The first-order chi connectivity index (χ1) is 11.4. The fourth-order valence-electron chi connectivity index (χ4n) is 2.21. The van der Waals surface area contributed by atoms with Crippen LogP contribution in [0.15, 0.2) is 21.2 Å². The molecule has 1 aromatic rings. The lowest BCUT2D eigenvalue weighted by Gasteiger charge is -2.36. The highest BCUT2D eigenvalue weighted by Crippen LogP contribution is 2.15. The molecule has 1 unspecified atom stereocenters. The topological polar surface area (TPSA) is 101 Å². The molecular formula is C14H16BrN3O5S. The van der Waals surface area contributed by atoms with Gasteiger partial charge in [0.05, 0.1) is 13.0 Å². The van der Waals surface area contributed by atoms with Crippen LogP contribution in [0.3, 0.4) is 0 Å². The molecule has 1 aliphatic heterocycles. The van der Waals surface area contributed by atoms with Crippen molar-refractivity contribution in [2.45, 2.75) is 19.4 Å². The third kappa shape index (κ3) is 4.54. The number of furan rings is 1. The SMILES string of the molecule is CCOC(=O)CC1C(=O)NCCN1C(=S)NC(=O)c1ccc(Br)o1. The van der Waals surface area contributed by atoms with Crippen molar-refractivity contribution >= 4 is 51.0 Å². The highest BCUT2D eigenvalue weighted by Gasteiger charge is 2.34. The Hall–Kier alpha value is -1.94. The molecule has 2 heterocycles. The number of nitrogens with zero attached hydrogens (tertiary/aromatic N) is 1. The maximum absolute atomic E-state index is 12.1. The monoisotopic (exact) mass is 417 g/mol. The van der Waals surface area contributed by atoms with Crippen molar-refractivity contribution in [2.75, 3.05) is 19.7 Å². The second-order valence-corrected chi connectivity index (χ2v) is 6.04. The van der Waals surface area contributed by atoms with E-state index in [1.165, 1.54) is 11.0 Å². The van der Waals surface area contributed by atoms with Crippen LogP contribution in [0.1, 0.15) is 23.9 Å². The van der Waals surface area contributed by atoms with E-state index in [0.29, 0.717) is 17.8 Å². The van der Waals surface area contributed by atoms with E-state index in [1.807, 2.05) is 0 Å². The van der Waals surface area contributed by atoms with Crippen molar-refractivity contribution in [1.29, 1.82) is 0 Å². The quantitative estimate of drug-likeness (QED) is 0.551. The highest BCUT2D eigenvalue weighted by atomic mass is 79.9. The minimum atomic E-state index is -0.825. The van der Waals surface area contributed by atoms with Crippen LogP contribution >= 0.6 is 28.1 Å². The van der Waals surface area contributed by atoms with Gasteiger partial charge < -0.3 is 19.4 Å². The number of esters is 1. The Kier molecular flexibility index (Phi) is 6.32. The summed E-state index contributed by atoms with van der Waals surface area (Å²) in [6.45, 7) is 2.64. The van der Waals surface area contributed by atoms with E-state index in [0.717, 1.165) is 0 Å². The highest BCUT2D eigenvalue weighted by molar-refractivity contribution is 9.10. The molecule has 2 N–H and O–H groups in total. The largest absolute Gasteiger partial charge is 0.466 e. The van der Waals surface area contributed by atoms with Gasteiger partial charge in [-0.25, -0.2) is 0 Å². The predicted molar refractivity (Wildman–Crippen MR) is 91.2 cm³/mol. The lowest BCUT2D eigenvalue weighted by molar-refractivity contribution is -0.147. The smallest absolute Gasteiger partial charge is 0.308 e. The van der Waals surface area contributed by atoms with Crippen LogP contribution in [0.25, 0.3) is 0 Å². The molecule has 1 aliphatic rings. The molecule has 1 atom stereocenters. The first-order valence-electron chi connectivity index (χ1n) is 7.23. The normalized spacial score (nSPS) is 17.2. The Balaban J connectivity index is 2.05. The third-order valence-electron chi connectivity index (χ3n) is 3.27. The molecule has 0 saturated carbocycles. The van der Waals surface area contributed by atoms with E-state index in [2.05, 4.69) is 26.6 Å². The van der Waals surface area contributed by atoms with Crippen LogP contribution in [0, 0.1) is 0 Å². The minimum absolute atomic E-state index is 0.0525. The molecule has 0 bridgehead atoms. The molecule has 0 aliphatic carbocycles. The summed E-state index contributed by atoms with van der Waals surface area (Å²) in [5.74, 6) is -1.31. The number of nitrogens with one attached hydrogen (secondary N) is 2. The number of halogens is 1. The average molecular weight is 418 g/mol. The van der Waals surface area contributed by atoms with Crippen LogP contribution in [-0.4, -0.2) is 53.5 Å². The summed E-state index contributed by atoms with van der Waals surface area (Å²) in [6.07, 6.45) is -0.151. The lowest BCUT2D eigenvalue weighted by atomic mass is 10.1. The molecule has 0 spiro atoms. The molecule has 1 fully saturated rings. The Labute approximate surface area is 152 Å². The molecule has 1 aromatic heterocycles. The second-order valence-electron chi connectivity index (χ2n) is 4.87. The summed E-state index contributed by atoms with van der Waals surface area (Å²) in [5, 5.41) is 5.23. The number of ether oxygens (including phenoxy) is 1. The summed E-state index contributed by atoms with van der Waals surface area (Å²) in [4.78, 5) is 37.3. The summed E-state index contributed by atoms with van der Waals surface area (Å²) in [6, 6.07) is 2.24. The maximum atomic E-state index is 12.1. The van der Waals surface area contributed by atoms with Gasteiger partial charge in [-0.15, -0.1) is 0 Å². The molecule has 8 nitrogen and oxygen atoms in total. The van der Waals surface area contributed by atoms with Gasteiger partial charge in [0.2, 0.25) is 5.91 Å². The first-order valence-corrected chi connectivity index (χ1v) is 8.43. The van der Waals surface area contributed by atoms with Crippen LogP contribution in [0.2, 0.25) is 0 Å². The van der Waals surface area contributed by atoms with Crippen LogP contribution in [0.5, 0.6) is 0 Å². The Bertz CT molecular complexity index is 663. The molecule has 1 saturated heterocycles. The van der Waals surface area contributed by atoms with Gasteiger partial charge in [-0.3, -0.25) is 19.7 Å². The zero-order chi connectivity index (χ0) is 17.7. The first kappa shape index (κ1) is 18.4. The number of rotatable bonds is 4. The molecule has 0 aromatic carbocycles. The molecule has 2 rings (SSSR count). The van der Waals surface area contributed by atoms with Crippen molar-refractivity contribution in [2.24, 2.45) is 0 Å². The van der Waals surface area contributed by atoms with Gasteiger partial charge in [0, 0.05) is 13.1 Å². The Morgan fingerprint density at radius 2 is 2.29 bits per heavy atom. The van der Waals surface area contributed by atoms with Crippen molar-refractivity contribution in [1.82, 2.24) is 15.5 Å². The van der Waals surface area contributed by atoms with E-state index < -0.39 is 17.9 Å². The predicted octanol–water partition coefficient (Wildman–Crippen LogP) is 0.810. The number of hydrogen-bond acceptors (Lipinski definition) is 6. The summed E-state index contributed by atoms with van der Waals surface area (Å²) >= 11 is 8.32. The van der Waals surface area contributed by atoms with Gasteiger partial charge >= 0.3 is 5.97 Å². The molecule has 0 radical (unpaired) electrons. The van der Waals surface area contributed by atoms with E-state index in [9.17, 15) is 14.4 Å². The number of amides is 2. The average Bonchev–Trinajstić information content (AvgIpc) is 2.96. The van der Waals surface area contributed by atoms with Gasteiger partial charge in [0.15, 0.2) is 15.5 Å². The number of carbonyl (C=O) groups is 3.